The van der Waals surface area contributed by atoms with E-state index in [9.17, 15) is 5.11 Å². The van der Waals surface area contributed by atoms with Gasteiger partial charge in [-0.3, -0.25) is 0 Å². The molecule has 1 fully saturated rings. The van der Waals surface area contributed by atoms with E-state index in [-0.39, 0.29) is 17.0 Å². The molecule has 1 saturated heterocycles. The fourth-order valence-corrected chi connectivity index (χ4v) is 2.40. The van der Waals surface area contributed by atoms with E-state index < -0.39 is 7.12 Å². The number of phenolic OH excluding ortho intramolecular Hbond substituents is 1. The van der Waals surface area contributed by atoms with E-state index in [0.717, 1.165) is 16.6 Å². The summed E-state index contributed by atoms with van der Waals surface area (Å²) in [7, 11) is -0.437. The van der Waals surface area contributed by atoms with Crippen molar-refractivity contribution in [2.24, 2.45) is 0 Å². The molecule has 1 aromatic rings. The number of hydrogen-bond donors (Lipinski definition) is 2. The van der Waals surface area contributed by atoms with Crippen LogP contribution in [0.5, 0.6) is 5.75 Å². The van der Waals surface area contributed by atoms with Crippen molar-refractivity contribution in [3.05, 3.63) is 34.8 Å². The van der Waals surface area contributed by atoms with Crippen LogP contribution in [0.25, 0.3) is 6.08 Å². The minimum atomic E-state index is -0.437. The third-order valence-corrected chi connectivity index (χ3v) is 4.63. The Labute approximate surface area is 132 Å². The molecule has 2 rings (SSSR count). The maximum Gasteiger partial charge on any atom is 0.491 e. The molecule has 3 nitrogen and oxygen atoms in total. The Hall–Kier alpha value is -0.905. The summed E-state index contributed by atoms with van der Waals surface area (Å²) in [4.78, 5) is 0. The van der Waals surface area contributed by atoms with Gasteiger partial charge in [-0.15, -0.1) is 0 Å². The first kappa shape index (κ1) is 16.5. The second-order valence-corrected chi connectivity index (χ2v) is 6.84. The van der Waals surface area contributed by atoms with E-state index in [1.807, 2.05) is 52.8 Å². The zero-order valence-electron chi connectivity index (χ0n) is 13.3. The van der Waals surface area contributed by atoms with Gasteiger partial charge in [0.1, 0.15) is 5.75 Å². The first-order valence-electron chi connectivity index (χ1n) is 7.13. The Morgan fingerprint density at radius 3 is 2.29 bits per heavy atom. The van der Waals surface area contributed by atoms with Gasteiger partial charge >= 0.3 is 7.12 Å². The van der Waals surface area contributed by atoms with Crippen LogP contribution in [0, 0.1) is 6.92 Å². The fraction of sp³-hybridized carbons (Fsp3) is 0.500. The normalized spacial score (nSPS) is 20.9. The summed E-state index contributed by atoms with van der Waals surface area (Å²) in [6, 6.07) is 5.59. The maximum atomic E-state index is 10.0. The number of aryl methyl sites for hydroxylation is 1. The fourth-order valence-electron chi connectivity index (χ4n) is 2.16. The average molecular weight is 306 g/mol. The first-order chi connectivity index (χ1) is 9.66. The van der Waals surface area contributed by atoms with Crippen molar-refractivity contribution < 1.29 is 14.4 Å². The Morgan fingerprint density at radius 1 is 1.24 bits per heavy atom. The van der Waals surface area contributed by atoms with Crippen LogP contribution in [-0.4, -0.2) is 29.2 Å². The summed E-state index contributed by atoms with van der Waals surface area (Å²) in [5.74, 6) is 0.759. The highest BCUT2D eigenvalue weighted by Crippen LogP contribution is 2.39. The molecule has 0 spiro atoms. The van der Waals surface area contributed by atoms with Crippen molar-refractivity contribution in [1.82, 2.24) is 0 Å². The van der Waals surface area contributed by atoms with E-state index in [0.29, 0.717) is 5.75 Å². The molecule has 0 aromatic heterocycles. The van der Waals surface area contributed by atoms with Crippen molar-refractivity contribution in [2.75, 3.05) is 5.75 Å². The summed E-state index contributed by atoms with van der Waals surface area (Å²) < 4.78 is 12.1. The molecule has 114 valence electrons. The predicted molar refractivity (Wildman–Crippen MR) is 90.8 cm³/mol. The van der Waals surface area contributed by atoms with Crippen molar-refractivity contribution in [3.63, 3.8) is 0 Å². The highest BCUT2D eigenvalue weighted by molar-refractivity contribution is 7.80. The van der Waals surface area contributed by atoms with E-state index >= 15 is 0 Å². The Bertz CT molecular complexity index is 551. The van der Waals surface area contributed by atoms with E-state index in [4.69, 9.17) is 9.31 Å². The Balaban J connectivity index is 2.31. The molecular weight excluding hydrogens is 283 g/mol. The number of hydrogen-bond acceptors (Lipinski definition) is 4. The quantitative estimate of drug-likeness (QED) is 0.661. The largest absolute Gasteiger partial charge is 0.507 e. The SMILES string of the molecule is Cc1ccc(C=C(CS)B2OC(C)(C)C(C)(C)O2)c(O)c1. The van der Waals surface area contributed by atoms with Crippen molar-refractivity contribution >= 4 is 25.8 Å². The van der Waals surface area contributed by atoms with Gasteiger partial charge in [0.2, 0.25) is 0 Å². The van der Waals surface area contributed by atoms with Gasteiger partial charge in [0.25, 0.3) is 0 Å². The molecule has 1 N–H and O–H groups in total. The number of rotatable bonds is 3. The third-order valence-electron chi connectivity index (χ3n) is 4.27. The van der Waals surface area contributed by atoms with E-state index in [2.05, 4.69) is 12.6 Å². The van der Waals surface area contributed by atoms with Gasteiger partial charge in [0, 0.05) is 11.3 Å². The van der Waals surface area contributed by atoms with Crippen LogP contribution in [-0.2, 0) is 9.31 Å². The highest BCUT2D eigenvalue weighted by atomic mass is 32.1. The Kier molecular flexibility index (Phi) is 4.48. The van der Waals surface area contributed by atoms with E-state index in [1.165, 1.54) is 0 Å². The molecule has 0 aliphatic carbocycles. The van der Waals surface area contributed by atoms with Crippen LogP contribution >= 0.6 is 12.6 Å². The zero-order valence-corrected chi connectivity index (χ0v) is 14.2. The van der Waals surface area contributed by atoms with Crippen LogP contribution in [0.1, 0.15) is 38.8 Å². The standard InChI is InChI=1S/C16H23BO3S/c1-11-6-7-12(14(18)8-11)9-13(10-21)17-19-15(2,3)16(4,5)20-17/h6-9,18,21H,10H2,1-5H3. The molecule has 0 radical (unpaired) electrons. The minimum Gasteiger partial charge on any atom is -0.507 e. The molecule has 0 atom stereocenters. The van der Waals surface area contributed by atoms with Crippen molar-refractivity contribution in [3.8, 4) is 5.75 Å². The minimum absolute atomic E-state index is 0.255. The first-order valence-corrected chi connectivity index (χ1v) is 7.76. The van der Waals surface area contributed by atoms with Crippen LogP contribution in [0.3, 0.4) is 0 Å². The predicted octanol–water partition coefficient (Wildman–Crippen LogP) is 3.65. The summed E-state index contributed by atoms with van der Waals surface area (Å²) in [6.07, 6.45) is 1.89. The number of benzene rings is 1. The Morgan fingerprint density at radius 2 is 1.81 bits per heavy atom. The van der Waals surface area contributed by atoms with Gasteiger partial charge in [-0.2, -0.15) is 12.6 Å². The highest BCUT2D eigenvalue weighted by Gasteiger charge is 2.52. The number of aromatic hydroxyl groups is 1. The van der Waals surface area contributed by atoms with Gasteiger partial charge in [0.05, 0.1) is 11.2 Å². The van der Waals surface area contributed by atoms with Gasteiger partial charge < -0.3 is 14.4 Å². The third kappa shape index (κ3) is 3.30. The molecule has 1 aromatic carbocycles. The van der Waals surface area contributed by atoms with Crippen LogP contribution < -0.4 is 0 Å². The van der Waals surface area contributed by atoms with Crippen LogP contribution in [0.15, 0.2) is 23.7 Å². The molecule has 0 amide bonds. The molecular formula is C16H23BO3S. The maximum absolute atomic E-state index is 10.0. The number of thiol groups is 1. The molecule has 5 heteroatoms. The lowest BCUT2D eigenvalue weighted by molar-refractivity contribution is 0.00578. The molecule has 1 heterocycles. The zero-order chi connectivity index (χ0) is 15.8. The van der Waals surface area contributed by atoms with Gasteiger partial charge in [-0.25, -0.2) is 0 Å². The van der Waals surface area contributed by atoms with Crippen molar-refractivity contribution in [2.45, 2.75) is 45.8 Å². The lowest BCUT2D eigenvalue weighted by atomic mass is 9.78. The summed E-state index contributed by atoms with van der Waals surface area (Å²) in [5.41, 5.74) is 1.91. The van der Waals surface area contributed by atoms with Gasteiger partial charge in [-0.1, -0.05) is 18.2 Å². The van der Waals surface area contributed by atoms with Crippen LogP contribution in [0.2, 0.25) is 0 Å². The summed E-state index contributed by atoms with van der Waals surface area (Å²) in [6.45, 7) is 10.0. The topological polar surface area (TPSA) is 38.7 Å². The summed E-state index contributed by atoms with van der Waals surface area (Å²) in [5, 5.41) is 10.0. The molecule has 0 saturated carbocycles. The van der Waals surface area contributed by atoms with Crippen molar-refractivity contribution in [1.29, 1.82) is 0 Å². The number of phenols is 1. The van der Waals surface area contributed by atoms with Gasteiger partial charge in [-0.05, 0) is 51.7 Å². The molecule has 0 unspecified atom stereocenters. The molecule has 1 aliphatic rings. The van der Waals surface area contributed by atoms with Crippen LogP contribution in [0.4, 0.5) is 0 Å². The smallest absolute Gasteiger partial charge is 0.491 e. The molecule has 1 aliphatic heterocycles. The molecule has 21 heavy (non-hydrogen) atoms. The monoisotopic (exact) mass is 306 g/mol. The average Bonchev–Trinajstić information content (AvgIpc) is 2.57. The van der Waals surface area contributed by atoms with E-state index in [1.54, 1.807) is 6.07 Å². The molecule has 0 bridgehead atoms. The lowest BCUT2D eigenvalue weighted by Crippen LogP contribution is -2.41. The second kappa shape index (κ2) is 5.71. The van der Waals surface area contributed by atoms with Gasteiger partial charge in [0.15, 0.2) is 0 Å². The lowest BCUT2D eigenvalue weighted by Gasteiger charge is -2.32. The second-order valence-electron chi connectivity index (χ2n) is 6.53. The summed E-state index contributed by atoms with van der Waals surface area (Å²) >= 11 is 4.38.